The van der Waals surface area contributed by atoms with Crippen LogP contribution in [0, 0.1) is 0 Å². The number of anilines is 3. The van der Waals surface area contributed by atoms with Crippen molar-refractivity contribution >= 4 is 38.5 Å². The van der Waals surface area contributed by atoms with Crippen LogP contribution in [-0.4, -0.2) is 22.0 Å². The molecule has 0 aliphatic carbocycles. The summed E-state index contributed by atoms with van der Waals surface area (Å²) < 4.78 is 0. The van der Waals surface area contributed by atoms with Crippen LogP contribution in [0.1, 0.15) is 0 Å². The van der Waals surface area contributed by atoms with E-state index in [-0.39, 0.29) is 0 Å². The number of para-hydroxylation sites is 1. The Labute approximate surface area is 108 Å². The number of nitrogens with two attached hydrogens (primary N) is 1. The molecule has 18 heavy (non-hydrogen) atoms. The molecule has 6 heteroatoms. The fraction of sp³-hybridized carbons (Fsp3) is 0.0833. The molecule has 5 nitrogen and oxygen atoms in total. The van der Waals surface area contributed by atoms with Crippen LogP contribution in [-0.2, 0) is 0 Å². The highest BCUT2D eigenvalue weighted by atomic mass is 32.1. The molecule has 0 unspecified atom stereocenters. The fourth-order valence-corrected chi connectivity index (χ4v) is 2.34. The van der Waals surface area contributed by atoms with Crippen molar-refractivity contribution in [1.82, 2.24) is 15.0 Å². The summed E-state index contributed by atoms with van der Waals surface area (Å²) in [6.07, 6.45) is 1.70. The molecular weight excluding hydrogens is 246 g/mol. The second kappa shape index (κ2) is 4.23. The fourth-order valence-electron chi connectivity index (χ4n) is 1.67. The highest BCUT2D eigenvalue weighted by Gasteiger charge is 2.09. The second-order valence-electron chi connectivity index (χ2n) is 3.81. The smallest absolute Gasteiger partial charge is 0.231 e. The van der Waals surface area contributed by atoms with Gasteiger partial charge < -0.3 is 10.6 Å². The third-order valence-electron chi connectivity index (χ3n) is 2.60. The number of fused-ring (bicyclic) bond motifs is 1. The van der Waals surface area contributed by atoms with E-state index < -0.39 is 0 Å². The zero-order chi connectivity index (χ0) is 12.5. The van der Waals surface area contributed by atoms with Crippen molar-refractivity contribution in [1.29, 1.82) is 0 Å². The number of thiazole rings is 1. The first-order valence-corrected chi connectivity index (χ1v) is 6.23. The Balaban J connectivity index is 2.03. The molecule has 0 radical (unpaired) electrons. The Bertz CT molecular complexity index is 679. The zero-order valence-electron chi connectivity index (χ0n) is 9.74. The summed E-state index contributed by atoms with van der Waals surface area (Å²) in [7, 11) is 1.93. The molecule has 0 aliphatic heterocycles. The summed E-state index contributed by atoms with van der Waals surface area (Å²) in [6, 6.07) is 9.96. The lowest BCUT2D eigenvalue weighted by atomic mass is 10.3. The average molecular weight is 257 g/mol. The van der Waals surface area contributed by atoms with Gasteiger partial charge in [-0.3, -0.25) is 0 Å². The maximum atomic E-state index is 5.65. The van der Waals surface area contributed by atoms with Gasteiger partial charge in [0.2, 0.25) is 5.95 Å². The molecule has 2 N–H and O–H groups in total. The van der Waals surface area contributed by atoms with Crippen molar-refractivity contribution in [3.63, 3.8) is 0 Å². The number of benzene rings is 1. The number of hydrogen-bond acceptors (Lipinski definition) is 6. The summed E-state index contributed by atoms with van der Waals surface area (Å²) >= 11 is 1.37. The van der Waals surface area contributed by atoms with Crippen molar-refractivity contribution in [3.05, 3.63) is 36.5 Å². The number of nitrogen functional groups attached to an aromatic ring is 1. The van der Waals surface area contributed by atoms with Crippen LogP contribution in [0.15, 0.2) is 36.5 Å². The summed E-state index contributed by atoms with van der Waals surface area (Å²) in [6.45, 7) is 0. The zero-order valence-corrected chi connectivity index (χ0v) is 10.6. The van der Waals surface area contributed by atoms with Gasteiger partial charge in [0.25, 0.3) is 0 Å². The Morgan fingerprint density at radius 3 is 2.72 bits per heavy atom. The normalized spacial score (nSPS) is 10.7. The van der Waals surface area contributed by atoms with E-state index in [1.54, 1.807) is 6.20 Å². The SMILES string of the molecule is CN(c1ccccc1)c1ncc2nc(N)sc2n1. The molecule has 1 aromatic carbocycles. The predicted molar refractivity (Wildman–Crippen MR) is 74.1 cm³/mol. The van der Waals surface area contributed by atoms with Crippen LogP contribution in [0.4, 0.5) is 16.8 Å². The van der Waals surface area contributed by atoms with Crippen LogP contribution in [0.2, 0.25) is 0 Å². The first kappa shape index (κ1) is 10.9. The Kier molecular flexibility index (Phi) is 2.56. The van der Waals surface area contributed by atoms with Crippen LogP contribution < -0.4 is 10.6 Å². The summed E-state index contributed by atoms with van der Waals surface area (Å²) in [5.41, 5.74) is 7.43. The van der Waals surface area contributed by atoms with E-state index in [4.69, 9.17) is 5.73 Å². The van der Waals surface area contributed by atoms with E-state index >= 15 is 0 Å². The molecule has 0 amide bonds. The van der Waals surface area contributed by atoms with Crippen LogP contribution in [0.3, 0.4) is 0 Å². The minimum atomic E-state index is 0.513. The van der Waals surface area contributed by atoms with Crippen molar-refractivity contribution < 1.29 is 0 Å². The van der Waals surface area contributed by atoms with E-state index in [1.807, 2.05) is 42.3 Å². The van der Waals surface area contributed by atoms with E-state index in [1.165, 1.54) is 11.3 Å². The van der Waals surface area contributed by atoms with Crippen LogP contribution in [0.5, 0.6) is 0 Å². The molecule has 2 heterocycles. The maximum absolute atomic E-state index is 5.65. The molecule has 0 spiro atoms. The Morgan fingerprint density at radius 1 is 1.17 bits per heavy atom. The quantitative estimate of drug-likeness (QED) is 0.763. The molecule has 0 saturated heterocycles. The van der Waals surface area contributed by atoms with E-state index in [2.05, 4.69) is 15.0 Å². The summed E-state index contributed by atoms with van der Waals surface area (Å²) in [5, 5.41) is 0.513. The third-order valence-corrected chi connectivity index (χ3v) is 3.39. The second-order valence-corrected chi connectivity index (χ2v) is 4.82. The minimum absolute atomic E-state index is 0.513. The number of nitrogens with zero attached hydrogens (tertiary/aromatic N) is 4. The molecular formula is C12H11N5S. The lowest BCUT2D eigenvalue weighted by molar-refractivity contribution is 1.07. The lowest BCUT2D eigenvalue weighted by Gasteiger charge is -2.16. The number of rotatable bonds is 2. The van der Waals surface area contributed by atoms with Gasteiger partial charge >= 0.3 is 0 Å². The topological polar surface area (TPSA) is 67.9 Å². The Hall–Kier alpha value is -2.21. The van der Waals surface area contributed by atoms with E-state index in [9.17, 15) is 0 Å². The molecule has 0 atom stereocenters. The molecule has 3 aromatic rings. The van der Waals surface area contributed by atoms with Gasteiger partial charge in [0.15, 0.2) is 9.96 Å². The molecule has 90 valence electrons. The molecule has 3 rings (SSSR count). The Morgan fingerprint density at radius 2 is 1.94 bits per heavy atom. The van der Waals surface area contributed by atoms with Gasteiger partial charge in [-0.05, 0) is 12.1 Å². The van der Waals surface area contributed by atoms with Gasteiger partial charge in [-0.25, -0.2) is 9.97 Å². The molecule has 0 saturated carbocycles. The van der Waals surface area contributed by atoms with E-state index in [0.717, 1.165) is 16.0 Å². The van der Waals surface area contributed by atoms with Gasteiger partial charge in [0.05, 0.1) is 6.20 Å². The minimum Gasteiger partial charge on any atom is -0.375 e. The predicted octanol–water partition coefficient (Wildman–Crippen LogP) is 2.44. The summed E-state index contributed by atoms with van der Waals surface area (Å²) in [5.74, 6) is 0.636. The van der Waals surface area contributed by atoms with Gasteiger partial charge in [0, 0.05) is 12.7 Å². The first-order chi connectivity index (χ1) is 8.74. The van der Waals surface area contributed by atoms with Crippen LogP contribution in [0.25, 0.3) is 10.3 Å². The largest absolute Gasteiger partial charge is 0.375 e. The number of aromatic nitrogens is 3. The van der Waals surface area contributed by atoms with Crippen molar-refractivity contribution in [2.24, 2.45) is 0 Å². The molecule has 0 bridgehead atoms. The van der Waals surface area contributed by atoms with Gasteiger partial charge in [0.1, 0.15) is 5.52 Å². The van der Waals surface area contributed by atoms with Crippen molar-refractivity contribution in [2.75, 3.05) is 17.7 Å². The average Bonchev–Trinajstić information content (AvgIpc) is 2.78. The third kappa shape index (κ3) is 1.86. The number of hydrogen-bond donors (Lipinski definition) is 1. The van der Waals surface area contributed by atoms with Gasteiger partial charge in [-0.1, -0.05) is 29.5 Å². The highest BCUT2D eigenvalue weighted by Crippen LogP contribution is 2.25. The van der Waals surface area contributed by atoms with Gasteiger partial charge in [-0.15, -0.1) is 0 Å². The maximum Gasteiger partial charge on any atom is 0.231 e. The standard InChI is InChI=1S/C12H11N5S/c1-17(8-5-3-2-4-6-8)12-14-7-9-10(16-12)18-11(13)15-9/h2-7H,1H3,(H2,13,15). The monoisotopic (exact) mass is 257 g/mol. The highest BCUT2D eigenvalue weighted by molar-refractivity contribution is 7.21. The van der Waals surface area contributed by atoms with Gasteiger partial charge in [-0.2, -0.15) is 4.98 Å². The molecule has 0 aliphatic rings. The van der Waals surface area contributed by atoms with E-state index in [0.29, 0.717) is 11.1 Å². The molecule has 2 aromatic heterocycles. The van der Waals surface area contributed by atoms with Crippen LogP contribution >= 0.6 is 11.3 Å². The first-order valence-electron chi connectivity index (χ1n) is 5.42. The summed E-state index contributed by atoms with van der Waals surface area (Å²) in [4.78, 5) is 15.6. The van der Waals surface area contributed by atoms with Crippen molar-refractivity contribution in [2.45, 2.75) is 0 Å². The van der Waals surface area contributed by atoms with Crippen molar-refractivity contribution in [3.8, 4) is 0 Å². The molecule has 0 fully saturated rings. The lowest BCUT2D eigenvalue weighted by Crippen LogP contribution is -2.12.